The minimum absolute atomic E-state index is 0.688. The Balaban J connectivity index is 1.94. The monoisotopic (exact) mass is 253 g/mol. The number of aromatic nitrogens is 1. The van der Waals surface area contributed by atoms with E-state index in [2.05, 4.69) is 12.2 Å². The summed E-state index contributed by atoms with van der Waals surface area (Å²) in [4.78, 5) is 0. The molecular weight excluding hydrogens is 234 g/mol. The van der Waals surface area contributed by atoms with E-state index in [9.17, 15) is 5.21 Å². The molecule has 0 amide bonds. The minimum Gasteiger partial charge on any atom is -0.618 e. The molecule has 19 heavy (non-hydrogen) atoms. The van der Waals surface area contributed by atoms with Crippen LogP contribution in [0.5, 0.6) is 0 Å². The third-order valence-electron chi connectivity index (χ3n) is 4.01. The van der Waals surface area contributed by atoms with Gasteiger partial charge in [-0.05, 0) is 37.0 Å². The average molecular weight is 253 g/mol. The molecular formula is C17H19NO. The van der Waals surface area contributed by atoms with Crippen molar-refractivity contribution in [3.05, 3.63) is 53.4 Å². The molecule has 0 atom stereocenters. The van der Waals surface area contributed by atoms with Crippen molar-refractivity contribution in [3.63, 3.8) is 0 Å². The van der Waals surface area contributed by atoms with Gasteiger partial charge in [0.15, 0.2) is 6.20 Å². The highest BCUT2D eigenvalue weighted by Crippen LogP contribution is 2.26. The number of fused-ring (bicyclic) bond motifs is 1. The molecule has 0 radical (unpaired) electrons. The van der Waals surface area contributed by atoms with Crippen molar-refractivity contribution in [2.75, 3.05) is 0 Å². The Morgan fingerprint density at radius 2 is 1.84 bits per heavy atom. The van der Waals surface area contributed by atoms with E-state index in [0.717, 1.165) is 21.2 Å². The topological polar surface area (TPSA) is 26.9 Å². The van der Waals surface area contributed by atoms with Crippen LogP contribution in [-0.4, -0.2) is 0 Å². The first kappa shape index (κ1) is 12.2. The third-order valence-corrected chi connectivity index (χ3v) is 4.01. The number of allylic oxidation sites excluding steroid dienone is 1. The Kier molecular flexibility index (Phi) is 3.49. The van der Waals surface area contributed by atoms with Crippen molar-refractivity contribution in [1.82, 2.24) is 0 Å². The second kappa shape index (κ2) is 5.43. The largest absolute Gasteiger partial charge is 0.618 e. The molecule has 98 valence electrons. The first-order chi connectivity index (χ1) is 9.34. The first-order valence-corrected chi connectivity index (χ1v) is 7.14. The molecule has 0 N–H and O–H groups in total. The van der Waals surface area contributed by atoms with E-state index < -0.39 is 0 Å². The second-order valence-corrected chi connectivity index (χ2v) is 5.38. The fourth-order valence-corrected chi connectivity index (χ4v) is 2.97. The van der Waals surface area contributed by atoms with Gasteiger partial charge in [-0.1, -0.05) is 37.5 Å². The highest BCUT2D eigenvalue weighted by Gasteiger charge is 2.11. The lowest BCUT2D eigenvalue weighted by molar-refractivity contribution is -0.577. The zero-order valence-electron chi connectivity index (χ0n) is 11.1. The van der Waals surface area contributed by atoms with Crippen LogP contribution in [0.4, 0.5) is 0 Å². The van der Waals surface area contributed by atoms with Crippen molar-refractivity contribution in [2.45, 2.75) is 32.1 Å². The Morgan fingerprint density at radius 1 is 1.05 bits per heavy atom. The van der Waals surface area contributed by atoms with Crippen LogP contribution in [0.25, 0.3) is 17.0 Å². The molecule has 2 heteroatoms. The van der Waals surface area contributed by atoms with Gasteiger partial charge >= 0.3 is 0 Å². The van der Waals surface area contributed by atoms with Gasteiger partial charge in [-0.3, -0.25) is 0 Å². The number of hydrogen-bond donors (Lipinski definition) is 0. The second-order valence-electron chi connectivity index (χ2n) is 5.38. The van der Waals surface area contributed by atoms with Crippen LogP contribution >= 0.6 is 0 Å². The van der Waals surface area contributed by atoms with E-state index in [1.54, 1.807) is 12.3 Å². The van der Waals surface area contributed by atoms with Gasteiger partial charge in [-0.25, -0.2) is 0 Å². The maximum atomic E-state index is 11.9. The molecule has 1 aromatic carbocycles. The molecule has 2 nitrogen and oxygen atoms in total. The highest BCUT2D eigenvalue weighted by atomic mass is 16.5. The molecule has 1 saturated carbocycles. The average Bonchev–Trinajstić information content (AvgIpc) is 2.46. The predicted octanol–water partition coefficient (Wildman–Crippen LogP) is 4.07. The predicted molar refractivity (Wildman–Crippen MR) is 78.5 cm³/mol. The summed E-state index contributed by atoms with van der Waals surface area (Å²) in [5.41, 5.74) is 1.80. The maximum absolute atomic E-state index is 11.9. The van der Waals surface area contributed by atoms with Gasteiger partial charge < -0.3 is 5.21 Å². The molecule has 2 aromatic rings. The number of nitrogens with zero attached hydrogens (tertiary/aromatic N) is 1. The molecule has 0 saturated heterocycles. The van der Waals surface area contributed by atoms with Crippen LogP contribution in [0.15, 0.2) is 42.6 Å². The lowest BCUT2D eigenvalue weighted by Crippen LogP contribution is -2.26. The molecule has 0 spiro atoms. The number of benzene rings is 1. The summed E-state index contributed by atoms with van der Waals surface area (Å²) >= 11 is 0. The van der Waals surface area contributed by atoms with Gasteiger partial charge in [-0.15, -0.1) is 0 Å². The summed E-state index contributed by atoms with van der Waals surface area (Å²) in [7, 11) is 0. The SMILES string of the molecule is [O-][n+]1cccc2cccc(/C=C/C3CCCCC3)c21. The van der Waals surface area contributed by atoms with Gasteiger partial charge in [0.1, 0.15) is 0 Å². The van der Waals surface area contributed by atoms with Gasteiger partial charge in [0.2, 0.25) is 5.52 Å². The fraction of sp³-hybridized carbons (Fsp3) is 0.353. The van der Waals surface area contributed by atoms with E-state index in [1.165, 1.54) is 32.1 Å². The summed E-state index contributed by atoms with van der Waals surface area (Å²) in [5.74, 6) is 0.688. The van der Waals surface area contributed by atoms with Crippen LogP contribution in [0.1, 0.15) is 37.7 Å². The number of hydrogen-bond acceptors (Lipinski definition) is 1. The normalized spacial score (nSPS) is 17.3. The smallest absolute Gasteiger partial charge is 0.231 e. The maximum Gasteiger partial charge on any atom is 0.231 e. The van der Waals surface area contributed by atoms with Crippen molar-refractivity contribution >= 4 is 17.0 Å². The Morgan fingerprint density at radius 3 is 2.68 bits per heavy atom. The van der Waals surface area contributed by atoms with E-state index in [-0.39, 0.29) is 0 Å². The van der Waals surface area contributed by atoms with Gasteiger partial charge in [0, 0.05) is 17.0 Å². The standard InChI is InChI=1S/C17H19NO/c19-18-13-5-10-15-8-4-9-16(17(15)18)12-11-14-6-2-1-3-7-14/h4-5,8-14H,1-3,6-7H2/b12-11+. The Hall–Kier alpha value is -1.83. The summed E-state index contributed by atoms with van der Waals surface area (Å²) in [6.45, 7) is 0. The molecule has 1 fully saturated rings. The molecule has 0 bridgehead atoms. The van der Waals surface area contributed by atoms with Gasteiger partial charge in [0.05, 0.1) is 0 Å². The van der Waals surface area contributed by atoms with Crippen LogP contribution in [0.3, 0.4) is 0 Å². The number of para-hydroxylation sites is 1. The number of rotatable bonds is 2. The molecule has 0 unspecified atom stereocenters. The molecule has 3 rings (SSSR count). The summed E-state index contributed by atoms with van der Waals surface area (Å²) in [6, 6.07) is 9.81. The highest BCUT2D eigenvalue weighted by molar-refractivity contribution is 5.84. The molecule has 1 aliphatic rings. The van der Waals surface area contributed by atoms with E-state index >= 15 is 0 Å². The lowest BCUT2D eigenvalue weighted by atomic mass is 9.88. The van der Waals surface area contributed by atoms with E-state index in [1.807, 2.05) is 24.3 Å². The van der Waals surface area contributed by atoms with Gasteiger partial charge in [0.25, 0.3) is 0 Å². The number of pyridine rings is 1. The van der Waals surface area contributed by atoms with Crippen LogP contribution in [-0.2, 0) is 0 Å². The molecule has 1 aromatic heterocycles. The fourth-order valence-electron chi connectivity index (χ4n) is 2.97. The first-order valence-electron chi connectivity index (χ1n) is 7.14. The summed E-state index contributed by atoms with van der Waals surface area (Å²) < 4.78 is 0.968. The van der Waals surface area contributed by atoms with Gasteiger partial charge in [-0.2, -0.15) is 4.73 Å². The van der Waals surface area contributed by atoms with Crippen molar-refractivity contribution in [2.24, 2.45) is 5.92 Å². The van der Waals surface area contributed by atoms with Crippen molar-refractivity contribution in [1.29, 1.82) is 0 Å². The summed E-state index contributed by atoms with van der Waals surface area (Å²) in [6.07, 6.45) is 12.6. The minimum atomic E-state index is 0.688. The van der Waals surface area contributed by atoms with Crippen molar-refractivity contribution < 1.29 is 4.73 Å². The third kappa shape index (κ3) is 2.62. The summed E-state index contributed by atoms with van der Waals surface area (Å²) in [5, 5.41) is 12.9. The van der Waals surface area contributed by atoms with E-state index in [0.29, 0.717) is 5.92 Å². The molecule has 0 aliphatic heterocycles. The van der Waals surface area contributed by atoms with Crippen LogP contribution in [0.2, 0.25) is 0 Å². The Bertz CT molecular complexity index is 592. The molecule has 1 aliphatic carbocycles. The quantitative estimate of drug-likeness (QED) is 0.585. The van der Waals surface area contributed by atoms with Crippen LogP contribution in [0, 0.1) is 11.1 Å². The van der Waals surface area contributed by atoms with E-state index in [4.69, 9.17) is 0 Å². The Labute approximate surface area is 114 Å². The zero-order valence-corrected chi connectivity index (χ0v) is 11.1. The molecule has 1 heterocycles. The van der Waals surface area contributed by atoms with Crippen molar-refractivity contribution in [3.8, 4) is 0 Å². The zero-order chi connectivity index (χ0) is 13.1. The van der Waals surface area contributed by atoms with Crippen LogP contribution < -0.4 is 4.73 Å². The lowest BCUT2D eigenvalue weighted by Gasteiger charge is -2.17.